The van der Waals surface area contributed by atoms with Crippen LogP contribution in [0.3, 0.4) is 0 Å². The van der Waals surface area contributed by atoms with E-state index in [0.29, 0.717) is 38.4 Å². The summed E-state index contributed by atoms with van der Waals surface area (Å²) in [4.78, 5) is 42.2. The molecule has 4 heterocycles. The van der Waals surface area contributed by atoms with Gasteiger partial charge >= 0.3 is 0 Å². The maximum atomic E-state index is 14.0. The van der Waals surface area contributed by atoms with Crippen molar-refractivity contribution in [3.63, 3.8) is 0 Å². The van der Waals surface area contributed by atoms with Gasteiger partial charge in [-0.1, -0.05) is 57.6 Å². The summed E-state index contributed by atoms with van der Waals surface area (Å²) in [6, 6.07) is 7.40. The molecule has 1 aliphatic carbocycles. The SMILES string of the molecule is CCCCN1C(=O)[C@H](CC2CCCCC2)NC(=O)C12CCN(C(c1cnc3ccccc3n1)c1c(C)n[nH]c1C)CC2. The van der Waals surface area contributed by atoms with Crippen LogP contribution in [0.1, 0.15) is 99.8 Å². The standard InChI is InChI=1S/C33H45N7O2/c1-4-5-17-40-31(41)27(20-24-11-7-6-8-12-24)36-32(42)33(40)15-18-39(19-16-33)30(29-22(2)37-38-23(29)3)28-21-34-25-13-9-10-14-26(25)35-28/h9-10,13-14,21,24,27,30H,4-8,11-12,15-20H2,1-3H3,(H,36,42)(H,37,38)/t27-,30?/m0/s1. The molecule has 3 fully saturated rings. The largest absolute Gasteiger partial charge is 0.342 e. The van der Waals surface area contributed by atoms with Crippen LogP contribution in [-0.4, -0.2) is 73.0 Å². The number of aromatic amines is 1. The third-order valence-electron chi connectivity index (χ3n) is 10.0. The number of H-pyrrole nitrogens is 1. The van der Waals surface area contributed by atoms with E-state index in [9.17, 15) is 9.59 Å². The first-order chi connectivity index (χ1) is 20.4. The van der Waals surface area contributed by atoms with Gasteiger partial charge in [-0.2, -0.15) is 5.10 Å². The first-order valence-electron chi connectivity index (χ1n) is 16.0. The van der Waals surface area contributed by atoms with Gasteiger partial charge < -0.3 is 10.2 Å². The van der Waals surface area contributed by atoms with Gasteiger partial charge in [-0.15, -0.1) is 0 Å². The number of rotatable bonds is 8. The smallest absolute Gasteiger partial charge is 0.246 e. The summed E-state index contributed by atoms with van der Waals surface area (Å²) in [5, 5.41) is 10.9. The van der Waals surface area contributed by atoms with Gasteiger partial charge in [0.05, 0.1) is 34.7 Å². The van der Waals surface area contributed by atoms with Crippen LogP contribution in [0.15, 0.2) is 30.5 Å². The maximum Gasteiger partial charge on any atom is 0.246 e. The third-order valence-corrected chi connectivity index (χ3v) is 10.0. The molecule has 2 saturated heterocycles. The minimum absolute atomic E-state index is 0.0383. The van der Waals surface area contributed by atoms with Gasteiger partial charge in [0, 0.05) is 30.9 Å². The fourth-order valence-corrected chi connectivity index (χ4v) is 7.66. The Kier molecular flexibility index (Phi) is 8.30. The number of aromatic nitrogens is 4. The van der Waals surface area contributed by atoms with E-state index >= 15 is 0 Å². The molecule has 2 aliphatic heterocycles. The highest BCUT2D eigenvalue weighted by Gasteiger charge is 2.54. The molecular formula is C33H45N7O2. The number of fused-ring (bicyclic) bond motifs is 1. The molecule has 2 amide bonds. The first kappa shape index (κ1) is 28.8. The summed E-state index contributed by atoms with van der Waals surface area (Å²) in [5.41, 5.74) is 4.85. The highest BCUT2D eigenvalue weighted by atomic mass is 16.2. The molecule has 1 saturated carbocycles. The molecule has 1 unspecified atom stereocenters. The van der Waals surface area contributed by atoms with Gasteiger partial charge in [-0.3, -0.25) is 24.6 Å². The molecule has 1 aromatic carbocycles. The van der Waals surface area contributed by atoms with Crippen LogP contribution >= 0.6 is 0 Å². The van der Waals surface area contributed by atoms with Crippen molar-refractivity contribution in [3.05, 3.63) is 53.1 Å². The molecule has 42 heavy (non-hydrogen) atoms. The monoisotopic (exact) mass is 571 g/mol. The number of piperazine rings is 1. The number of carbonyl (C=O) groups excluding carboxylic acids is 2. The van der Waals surface area contributed by atoms with E-state index in [2.05, 4.69) is 34.3 Å². The molecule has 9 nitrogen and oxygen atoms in total. The van der Waals surface area contributed by atoms with Crippen LogP contribution in [0, 0.1) is 19.8 Å². The van der Waals surface area contributed by atoms with E-state index in [1.54, 1.807) is 0 Å². The summed E-state index contributed by atoms with van der Waals surface area (Å²) in [6.07, 6.45) is 11.8. The van der Waals surface area contributed by atoms with Gasteiger partial charge in [0.25, 0.3) is 0 Å². The minimum Gasteiger partial charge on any atom is -0.342 e. The molecule has 1 spiro atoms. The third kappa shape index (κ3) is 5.32. The molecule has 9 heteroatoms. The van der Waals surface area contributed by atoms with Crippen molar-refractivity contribution >= 4 is 22.8 Å². The molecule has 2 aromatic heterocycles. The summed E-state index contributed by atoms with van der Waals surface area (Å²) in [6.45, 7) is 8.20. The van der Waals surface area contributed by atoms with Gasteiger partial charge in [0.2, 0.25) is 11.8 Å². The number of para-hydroxylation sites is 2. The van der Waals surface area contributed by atoms with Gasteiger partial charge in [0.1, 0.15) is 11.6 Å². The van der Waals surface area contributed by atoms with E-state index in [4.69, 9.17) is 9.97 Å². The topological polar surface area (TPSA) is 107 Å². The van der Waals surface area contributed by atoms with E-state index < -0.39 is 11.6 Å². The van der Waals surface area contributed by atoms with E-state index in [-0.39, 0.29) is 17.9 Å². The number of hydrogen-bond donors (Lipinski definition) is 2. The zero-order valence-corrected chi connectivity index (χ0v) is 25.4. The van der Waals surface area contributed by atoms with E-state index in [0.717, 1.165) is 52.9 Å². The Morgan fingerprint density at radius 3 is 2.48 bits per heavy atom. The highest BCUT2D eigenvalue weighted by molar-refractivity contribution is 6.00. The van der Waals surface area contributed by atoms with Crippen molar-refractivity contribution in [1.82, 2.24) is 35.3 Å². The van der Waals surface area contributed by atoms with Crippen molar-refractivity contribution in [2.24, 2.45) is 5.92 Å². The Hall–Kier alpha value is -3.33. The number of nitrogens with zero attached hydrogens (tertiary/aromatic N) is 5. The zero-order chi connectivity index (χ0) is 29.3. The molecule has 2 atom stereocenters. The number of amides is 2. The van der Waals surface area contributed by atoms with Gasteiger partial charge in [-0.25, -0.2) is 4.98 Å². The maximum absolute atomic E-state index is 14.0. The quantitative estimate of drug-likeness (QED) is 0.395. The van der Waals surface area contributed by atoms with Crippen LogP contribution in [0.4, 0.5) is 0 Å². The van der Waals surface area contributed by atoms with Crippen LogP contribution in [0.25, 0.3) is 11.0 Å². The van der Waals surface area contributed by atoms with Crippen LogP contribution < -0.4 is 5.32 Å². The lowest BCUT2D eigenvalue weighted by molar-refractivity contribution is -0.162. The second kappa shape index (κ2) is 12.1. The summed E-state index contributed by atoms with van der Waals surface area (Å²) in [7, 11) is 0. The zero-order valence-electron chi connectivity index (χ0n) is 25.4. The molecule has 0 bridgehead atoms. The van der Waals surface area contributed by atoms with Crippen LogP contribution in [0.2, 0.25) is 0 Å². The second-order valence-corrected chi connectivity index (χ2v) is 12.7. The number of piperidine rings is 1. The van der Waals surface area contributed by atoms with Crippen molar-refractivity contribution in [3.8, 4) is 0 Å². The Bertz CT molecular complexity index is 1400. The number of nitrogens with one attached hydrogen (secondary N) is 2. The van der Waals surface area contributed by atoms with Gasteiger partial charge in [-0.05, 0) is 57.6 Å². The van der Waals surface area contributed by atoms with Crippen molar-refractivity contribution in [2.45, 2.75) is 103 Å². The van der Waals surface area contributed by atoms with Crippen LogP contribution in [0.5, 0.6) is 0 Å². The molecular weight excluding hydrogens is 526 g/mol. The molecule has 3 aromatic rings. The Morgan fingerprint density at radius 2 is 1.79 bits per heavy atom. The number of benzene rings is 1. The molecule has 0 radical (unpaired) electrons. The average Bonchev–Trinajstić information content (AvgIpc) is 3.34. The lowest BCUT2D eigenvalue weighted by Crippen LogP contribution is -2.73. The van der Waals surface area contributed by atoms with Crippen LogP contribution in [-0.2, 0) is 9.59 Å². The van der Waals surface area contributed by atoms with Crippen molar-refractivity contribution in [2.75, 3.05) is 19.6 Å². The lowest BCUT2D eigenvalue weighted by atomic mass is 9.78. The lowest BCUT2D eigenvalue weighted by Gasteiger charge is -2.53. The summed E-state index contributed by atoms with van der Waals surface area (Å²) < 4.78 is 0. The van der Waals surface area contributed by atoms with E-state index in [1.165, 1.54) is 32.1 Å². The normalized spacial score (nSPS) is 22.5. The summed E-state index contributed by atoms with van der Waals surface area (Å²) >= 11 is 0. The van der Waals surface area contributed by atoms with Crippen molar-refractivity contribution < 1.29 is 9.59 Å². The van der Waals surface area contributed by atoms with Crippen molar-refractivity contribution in [1.29, 1.82) is 0 Å². The minimum atomic E-state index is -0.800. The Morgan fingerprint density at radius 1 is 1.05 bits per heavy atom. The van der Waals surface area contributed by atoms with E-state index in [1.807, 2.05) is 42.3 Å². The Balaban J connectivity index is 1.28. The number of likely N-dealkylation sites (tertiary alicyclic amines) is 1. The number of aryl methyl sites for hydroxylation is 2. The first-order valence-corrected chi connectivity index (χ1v) is 16.0. The van der Waals surface area contributed by atoms with Gasteiger partial charge in [0.15, 0.2) is 0 Å². The second-order valence-electron chi connectivity index (χ2n) is 12.7. The number of carbonyl (C=O) groups is 2. The fraction of sp³-hybridized carbons (Fsp3) is 0.606. The number of unbranched alkanes of at least 4 members (excludes halogenated alkanes) is 1. The average molecular weight is 572 g/mol. The Labute approximate surface area is 248 Å². The predicted octanol–water partition coefficient (Wildman–Crippen LogP) is 4.99. The highest BCUT2D eigenvalue weighted by Crippen LogP contribution is 2.40. The molecule has 6 rings (SSSR count). The molecule has 224 valence electrons. The molecule has 3 aliphatic rings. The molecule has 2 N–H and O–H groups in total. The predicted molar refractivity (Wildman–Crippen MR) is 163 cm³/mol. The fourth-order valence-electron chi connectivity index (χ4n) is 7.66. The number of hydrogen-bond acceptors (Lipinski definition) is 6. The summed E-state index contributed by atoms with van der Waals surface area (Å²) in [5.74, 6) is 0.694.